The third-order valence-corrected chi connectivity index (χ3v) is 3.42. The first-order valence-corrected chi connectivity index (χ1v) is 6.31. The monoisotopic (exact) mass is 343 g/mol. The molecule has 0 amide bonds. The smallest absolute Gasteiger partial charge is 0.367 e. The Bertz CT molecular complexity index is 431. The van der Waals surface area contributed by atoms with Crippen molar-refractivity contribution in [3.63, 3.8) is 0 Å². The Labute approximate surface area is 120 Å². The molecule has 2 atom stereocenters. The minimum Gasteiger partial charge on any atom is -0.367 e. The van der Waals surface area contributed by atoms with Gasteiger partial charge in [-0.25, -0.2) is 4.39 Å². The van der Waals surface area contributed by atoms with Crippen LogP contribution in [0.25, 0.3) is 0 Å². The number of piperidine rings is 1. The lowest BCUT2D eigenvalue weighted by molar-refractivity contribution is -0.274. The first kappa shape index (κ1) is 19.0. The van der Waals surface area contributed by atoms with Crippen molar-refractivity contribution in [2.45, 2.75) is 38.5 Å². The molecule has 0 aromatic carbocycles. The number of hydrogen-bond donors (Lipinski definition) is 0. The third kappa shape index (κ3) is 3.81. The second-order valence-corrected chi connectivity index (χ2v) is 5.44. The van der Waals surface area contributed by atoms with E-state index < -0.39 is 61.1 Å². The molecule has 0 aromatic rings. The van der Waals surface area contributed by atoms with E-state index in [0.29, 0.717) is 6.92 Å². The Kier molecular flexibility index (Phi) is 5.03. The predicted octanol–water partition coefficient (Wildman–Crippen LogP) is 4.91. The highest BCUT2D eigenvalue weighted by molar-refractivity contribution is 5.18. The topological polar surface area (TPSA) is 3.24 Å². The molecule has 10 heteroatoms. The van der Waals surface area contributed by atoms with E-state index >= 15 is 0 Å². The highest BCUT2D eigenvalue weighted by Crippen LogP contribution is 2.46. The molecule has 0 spiro atoms. The lowest BCUT2D eigenvalue weighted by Gasteiger charge is -2.41. The number of nitrogens with zero attached hydrogens (tertiary/aromatic N) is 1. The van der Waals surface area contributed by atoms with Gasteiger partial charge in [0.2, 0.25) is 0 Å². The van der Waals surface area contributed by atoms with Gasteiger partial charge in [-0.05, 0) is 19.3 Å². The van der Waals surface area contributed by atoms with E-state index in [2.05, 4.69) is 0 Å². The molecule has 1 heterocycles. The maximum absolute atomic E-state index is 13.4. The summed E-state index contributed by atoms with van der Waals surface area (Å²) in [5.41, 5.74) is -2.04. The number of hydrogen-bond acceptors (Lipinski definition) is 1. The maximum Gasteiger partial charge on any atom is 0.459 e. The van der Waals surface area contributed by atoms with Gasteiger partial charge in [-0.3, -0.25) is 0 Å². The van der Waals surface area contributed by atoms with Crippen LogP contribution < -0.4 is 0 Å². The van der Waals surface area contributed by atoms with E-state index in [1.54, 1.807) is 0 Å². The predicted molar refractivity (Wildman–Crippen MR) is 59.7 cm³/mol. The molecular formula is C12H14F9N. The highest BCUT2D eigenvalue weighted by Gasteiger charge is 2.63. The van der Waals surface area contributed by atoms with E-state index in [-0.39, 0.29) is 4.90 Å². The summed E-state index contributed by atoms with van der Waals surface area (Å²) in [7, 11) is 0. The minimum atomic E-state index is -6.09. The molecule has 1 nitrogen and oxygen atoms in total. The molecule has 1 fully saturated rings. The molecule has 2 unspecified atom stereocenters. The summed E-state index contributed by atoms with van der Waals surface area (Å²) in [5, 5.41) is 0. The fourth-order valence-electron chi connectivity index (χ4n) is 2.54. The zero-order valence-electron chi connectivity index (χ0n) is 11.6. The molecule has 1 saturated heterocycles. The molecule has 0 aliphatic carbocycles. The van der Waals surface area contributed by atoms with Crippen LogP contribution in [0, 0.1) is 11.8 Å². The summed E-state index contributed by atoms with van der Waals surface area (Å²) < 4.78 is 116. The summed E-state index contributed by atoms with van der Waals surface area (Å²) >= 11 is 0. The Morgan fingerprint density at radius 3 is 1.82 bits per heavy atom. The second kappa shape index (κ2) is 5.84. The van der Waals surface area contributed by atoms with Crippen molar-refractivity contribution in [3.8, 4) is 0 Å². The molecule has 0 bridgehead atoms. The molecule has 0 aromatic heterocycles. The van der Waals surface area contributed by atoms with Gasteiger partial charge in [-0.2, -0.15) is 35.1 Å². The quantitative estimate of drug-likeness (QED) is 0.644. The van der Waals surface area contributed by atoms with Gasteiger partial charge in [0, 0.05) is 13.1 Å². The Hall–Kier alpha value is -1.09. The van der Waals surface area contributed by atoms with Crippen LogP contribution >= 0.6 is 0 Å². The zero-order valence-corrected chi connectivity index (χ0v) is 11.6. The Balaban J connectivity index is 3.21. The van der Waals surface area contributed by atoms with Gasteiger partial charge in [-0.1, -0.05) is 6.92 Å². The van der Waals surface area contributed by atoms with Crippen molar-refractivity contribution in [1.82, 2.24) is 4.90 Å². The lowest BCUT2D eigenvalue weighted by atomic mass is 9.89. The van der Waals surface area contributed by atoms with Crippen molar-refractivity contribution < 1.29 is 39.5 Å². The van der Waals surface area contributed by atoms with Gasteiger partial charge in [0.1, 0.15) is 11.5 Å². The standard InChI is InChI=1S/C12H14F9N/c1-6-3-8(11(16,17)18)5-22(4-6)9(7(2)13)10(14,15)12(19,20)21/h6,8H,3-5H2,1-2H3. The Morgan fingerprint density at radius 2 is 1.45 bits per heavy atom. The van der Waals surface area contributed by atoms with E-state index in [4.69, 9.17) is 0 Å². The molecule has 0 saturated carbocycles. The van der Waals surface area contributed by atoms with Gasteiger partial charge in [-0.15, -0.1) is 0 Å². The zero-order chi connectivity index (χ0) is 17.5. The van der Waals surface area contributed by atoms with Crippen LogP contribution in [0.1, 0.15) is 20.3 Å². The molecule has 1 aliphatic rings. The molecule has 0 radical (unpaired) electrons. The van der Waals surface area contributed by atoms with Gasteiger partial charge in [0.05, 0.1) is 5.92 Å². The summed E-state index contributed by atoms with van der Waals surface area (Å²) in [4.78, 5) is 0.162. The fraction of sp³-hybridized carbons (Fsp3) is 0.833. The number of allylic oxidation sites excluding steroid dienone is 2. The second-order valence-electron chi connectivity index (χ2n) is 5.44. The molecule has 0 N–H and O–H groups in total. The van der Waals surface area contributed by atoms with Gasteiger partial charge >= 0.3 is 18.3 Å². The van der Waals surface area contributed by atoms with E-state index in [1.165, 1.54) is 6.92 Å². The molecule has 1 aliphatic heterocycles. The van der Waals surface area contributed by atoms with Crippen molar-refractivity contribution in [2.75, 3.05) is 13.1 Å². The van der Waals surface area contributed by atoms with Crippen molar-refractivity contribution in [2.24, 2.45) is 11.8 Å². The summed E-state index contributed by atoms with van der Waals surface area (Å²) in [6.45, 7) is 0.0175. The lowest BCUT2D eigenvalue weighted by Crippen LogP contribution is -2.51. The SMILES string of the molecule is CC(F)=C(N1CC(C)CC(C(F)(F)F)C1)C(F)(F)C(F)(F)F. The van der Waals surface area contributed by atoms with Crippen molar-refractivity contribution in [3.05, 3.63) is 11.5 Å². The number of alkyl halides is 8. The molecule has 130 valence electrons. The first-order chi connectivity index (χ1) is 9.68. The van der Waals surface area contributed by atoms with Gasteiger partial charge in [0.25, 0.3) is 0 Å². The summed E-state index contributed by atoms with van der Waals surface area (Å²) in [5.74, 6) is -10.3. The minimum absolute atomic E-state index is 0.162. The van der Waals surface area contributed by atoms with Crippen LogP contribution in [0.3, 0.4) is 0 Å². The van der Waals surface area contributed by atoms with E-state index in [0.717, 1.165) is 0 Å². The van der Waals surface area contributed by atoms with Crippen LogP contribution in [0.2, 0.25) is 0 Å². The van der Waals surface area contributed by atoms with E-state index in [1.807, 2.05) is 0 Å². The fourth-order valence-corrected chi connectivity index (χ4v) is 2.54. The van der Waals surface area contributed by atoms with Crippen LogP contribution in [0.5, 0.6) is 0 Å². The average molecular weight is 343 g/mol. The summed E-state index contributed by atoms with van der Waals surface area (Å²) in [6, 6.07) is 0. The molecule has 22 heavy (non-hydrogen) atoms. The first-order valence-electron chi connectivity index (χ1n) is 6.31. The van der Waals surface area contributed by atoms with Crippen LogP contribution in [0.15, 0.2) is 11.5 Å². The van der Waals surface area contributed by atoms with Crippen LogP contribution in [-0.2, 0) is 0 Å². The van der Waals surface area contributed by atoms with Crippen LogP contribution in [-0.4, -0.2) is 36.3 Å². The maximum atomic E-state index is 13.4. The highest BCUT2D eigenvalue weighted by atomic mass is 19.4. The Morgan fingerprint density at radius 1 is 0.955 bits per heavy atom. The average Bonchev–Trinajstić information content (AvgIpc) is 2.24. The number of likely N-dealkylation sites (tertiary alicyclic amines) is 1. The van der Waals surface area contributed by atoms with Gasteiger partial charge < -0.3 is 4.90 Å². The summed E-state index contributed by atoms with van der Waals surface area (Å²) in [6.07, 6.45) is -11.3. The van der Waals surface area contributed by atoms with E-state index in [9.17, 15) is 39.5 Å². The van der Waals surface area contributed by atoms with Gasteiger partial charge in [0.15, 0.2) is 0 Å². The van der Waals surface area contributed by atoms with Crippen LogP contribution in [0.4, 0.5) is 39.5 Å². The number of rotatable bonds is 2. The molecule has 1 rings (SSSR count). The largest absolute Gasteiger partial charge is 0.459 e. The van der Waals surface area contributed by atoms with Crippen molar-refractivity contribution >= 4 is 0 Å². The molecular weight excluding hydrogens is 329 g/mol. The normalized spacial score (nSPS) is 26.0. The number of halogens is 9. The third-order valence-electron chi connectivity index (χ3n) is 3.42. The van der Waals surface area contributed by atoms with Crippen molar-refractivity contribution in [1.29, 1.82) is 0 Å².